The Balaban J connectivity index is 2.08. The molecule has 1 aliphatic rings. The van der Waals surface area contributed by atoms with Gasteiger partial charge in [-0.25, -0.2) is 0 Å². The fraction of sp³-hybridized carbons (Fsp3) is 1.00. The second-order valence-corrected chi connectivity index (χ2v) is 6.10. The largest absolute Gasteiger partial charge is 0.385 e. The van der Waals surface area contributed by atoms with Crippen LogP contribution in [-0.2, 0) is 4.74 Å². The van der Waals surface area contributed by atoms with Crippen molar-refractivity contribution in [2.24, 2.45) is 0 Å². The smallest absolute Gasteiger partial charge is 0.0462 e. The summed E-state index contributed by atoms with van der Waals surface area (Å²) in [7, 11) is 1.78. The summed E-state index contributed by atoms with van der Waals surface area (Å²) in [6.07, 6.45) is 11.8. The summed E-state index contributed by atoms with van der Waals surface area (Å²) < 4.78 is 5.59. The molecule has 0 spiro atoms. The summed E-state index contributed by atoms with van der Waals surface area (Å²) in [6.45, 7) is 3.24. The summed E-state index contributed by atoms with van der Waals surface area (Å²) in [5.41, 5.74) is 0. The Labute approximate surface area is 105 Å². The van der Waals surface area contributed by atoms with E-state index in [2.05, 4.69) is 23.3 Å². The predicted molar refractivity (Wildman–Crippen MR) is 73.3 cm³/mol. The first-order chi connectivity index (χ1) is 7.83. The molecule has 96 valence electrons. The van der Waals surface area contributed by atoms with Crippen molar-refractivity contribution in [1.82, 2.24) is 5.32 Å². The van der Waals surface area contributed by atoms with Crippen LogP contribution in [0.15, 0.2) is 0 Å². The first kappa shape index (κ1) is 14.3. The Morgan fingerprint density at radius 2 is 1.94 bits per heavy atom. The molecule has 0 radical (unpaired) electrons. The normalized spacial score (nSPS) is 19.9. The minimum Gasteiger partial charge on any atom is -0.385 e. The minimum atomic E-state index is 0.541. The average molecular weight is 245 g/mol. The van der Waals surface area contributed by atoms with E-state index in [1.165, 1.54) is 51.5 Å². The molecule has 0 aliphatic heterocycles. The first-order valence-electron chi connectivity index (χ1n) is 6.58. The van der Waals surface area contributed by atoms with E-state index < -0.39 is 0 Å². The summed E-state index contributed by atoms with van der Waals surface area (Å²) in [6, 6.07) is 0. The van der Waals surface area contributed by atoms with Crippen LogP contribution in [0.3, 0.4) is 0 Å². The standard InChI is InChI=1S/C13H27NOS/c1-15-11-7-6-10-14-12-13(16-2)8-4-3-5-9-13/h14H,3-12H2,1-2H3. The van der Waals surface area contributed by atoms with Crippen molar-refractivity contribution in [3.63, 3.8) is 0 Å². The lowest BCUT2D eigenvalue weighted by molar-refractivity contribution is 0.192. The molecule has 16 heavy (non-hydrogen) atoms. The maximum Gasteiger partial charge on any atom is 0.0462 e. The molecular formula is C13H27NOS. The van der Waals surface area contributed by atoms with Gasteiger partial charge < -0.3 is 10.1 Å². The molecule has 0 unspecified atom stereocenters. The third kappa shape index (κ3) is 5.07. The molecule has 3 heteroatoms. The molecule has 0 aromatic carbocycles. The molecule has 1 N–H and O–H groups in total. The van der Waals surface area contributed by atoms with Gasteiger partial charge in [-0.05, 0) is 38.5 Å². The van der Waals surface area contributed by atoms with Gasteiger partial charge in [0.1, 0.15) is 0 Å². The van der Waals surface area contributed by atoms with Crippen LogP contribution in [0.4, 0.5) is 0 Å². The summed E-state index contributed by atoms with van der Waals surface area (Å²) in [4.78, 5) is 0. The number of thioether (sulfide) groups is 1. The fourth-order valence-corrected chi connectivity index (χ4v) is 3.41. The van der Waals surface area contributed by atoms with Crippen molar-refractivity contribution in [3.8, 4) is 0 Å². The topological polar surface area (TPSA) is 21.3 Å². The first-order valence-corrected chi connectivity index (χ1v) is 7.80. The monoisotopic (exact) mass is 245 g/mol. The van der Waals surface area contributed by atoms with Gasteiger partial charge in [0.2, 0.25) is 0 Å². The Morgan fingerprint density at radius 1 is 1.19 bits per heavy atom. The van der Waals surface area contributed by atoms with Crippen LogP contribution < -0.4 is 5.32 Å². The highest BCUT2D eigenvalue weighted by atomic mass is 32.2. The Bertz CT molecular complexity index is 169. The number of hydrogen-bond acceptors (Lipinski definition) is 3. The van der Waals surface area contributed by atoms with Crippen molar-refractivity contribution in [2.45, 2.75) is 49.7 Å². The summed E-state index contributed by atoms with van der Waals surface area (Å²) in [5.74, 6) is 0. The summed E-state index contributed by atoms with van der Waals surface area (Å²) >= 11 is 2.07. The molecular weight excluding hydrogens is 218 g/mol. The van der Waals surface area contributed by atoms with Crippen LogP contribution in [0.25, 0.3) is 0 Å². The maximum atomic E-state index is 5.05. The highest BCUT2D eigenvalue weighted by molar-refractivity contribution is 8.00. The number of methoxy groups -OCH3 is 1. The molecule has 1 rings (SSSR count). The number of nitrogens with one attached hydrogen (secondary N) is 1. The second kappa shape index (κ2) is 8.37. The van der Waals surface area contributed by atoms with Gasteiger partial charge in [0.05, 0.1) is 0 Å². The predicted octanol–water partition coefficient (Wildman–Crippen LogP) is 3.07. The molecule has 0 heterocycles. The van der Waals surface area contributed by atoms with Crippen LogP contribution in [0.2, 0.25) is 0 Å². The van der Waals surface area contributed by atoms with Crippen LogP contribution in [-0.4, -0.2) is 37.8 Å². The van der Waals surface area contributed by atoms with Crippen LogP contribution in [0, 0.1) is 0 Å². The average Bonchev–Trinajstić information content (AvgIpc) is 2.35. The van der Waals surface area contributed by atoms with E-state index in [-0.39, 0.29) is 0 Å². The molecule has 0 aromatic heterocycles. The minimum absolute atomic E-state index is 0.541. The van der Waals surface area contributed by atoms with Crippen LogP contribution >= 0.6 is 11.8 Å². The number of hydrogen-bond donors (Lipinski definition) is 1. The maximum absolute atomic E-state index is 5.05. The zero-order valence-electron chi connectivity index (χ0n) is 10.9. The van der Waals surface area contributed by atoms with Gasteiger partial charge in [0, 0.05) is 25.0 Å². The van der Waals surface area contributed by atoms with E-state index in [1.807, 2.05) is 0 Å². The lowest BCUT2D eigenvalue weighted by Crippen LogP contribution is -2.39. The van der Waals surface area contributed by atoms with Gasteiger partial charge in [0.25, 0.3) is 0 Å². The van der Waals surface area contributed by atoms with Crippen LogP contribution in [0.1, 0.15) is 44.9 Å². The Morgan fingerprint density at radius 3 is 2.56 bits per heavy atom. The van der Waals surface area contributed by atoms with Crippen LogP contribution in [0.5, 0.6) is 0 Å². The Kier molecular flexibility index (Phi) is 7.50. The van der Waals surface area contributed by atoms with Crippen molar-refractivity contribution in [2.75, 3.05) is 33.1 Å². The molecule has 0 saturated heterocycles. The van der Waals surface area contributed by atoms with Gasteiger partial charge in [-0.15, -0.1) is 0 Å². The molecule has 0 bridgehead atoms. The van der Waals surface area contributed by atoms with E-state index in [9.17, 15) is 0 Å². The van der Waals surface area contributed by atoms with Crippen molar-refractivity contribution in [3.05, 3.63) is 0 Å². The van der Waals surface area contributed by atoms with Gasteiger partial charge in [-0.1, -0.05) is 19.3 Å². The van der Waals surface area contributed by atoms with Crippen molar-refractivity contribution >= 4 is 11.8 Å². The highest BCUT2D eigenvalue weighted by Crippen LogP contribution is 2.37. The highest BCUT2D eigenvalue weighted by Gasteiger charge is 2.30. The second-order valence-electron chi connectivity index (χ2n) is 4.82. The van der Waals surface area contributed by atoms with Crippen molar-refractivity contribution < 1.29 is 4.74 Å². The number of unbranched alkanes of at least 4 members (excludes halogenated alkanes) is 1. The Hall–Kier alpha value is 0.270. The quantitative estimate of drug-likeness (QED) is 0.664. The molecule has 0 atom stereocenters. The third-order valence-corrected chi connectivity index (χ3v) is 5.02. The molecule has 1 fully saturated rings. The number of ether oxygens (including phenoxy) is 1. The van der Waals surface area contributed by atoms with E-state index in [0.717, 1.165) is 13.2 Å². The van der Waals surface area contributed by atoms with E-state index in [4.69, 9.17) is 4.74 Å². The lowest BCUT2D eigenvalue weighted by atomic mass is 9.88. The molecule has 1 aliphatic carbocycles. The fourth-order valence-electron chi connectivity index (χ4n) is 2.46. The van der Waals surface area contributed by atoms with Crippen molar-refractivity contribution in [1.29, 1.82) is 0 Å². The SMILES string of the molecule is COCCCCNCC1(SC)CCCCC1. The number of rotatable bonds is 8. The van der Waals surface area contributed by atoms with E-state index in [0.29, 0.717) is 4.75 Å². The van der Waals surface area contributed by atoms with E-state index >= 15 is 0 Å². The van der Waals surface area contributed by atoms with Gasteiger partial charge in [-0.2, -0.15) is 11.8 Å². The summed E-state index contributed by atoms with van der Waals surface area (Å²) in [5, 5.41) is 3.63. The van der Waals surface area contributed by atoms with Gasteiger partial charge >= 0.3 is 0 Å². The molecule has 1 saturated carbocycles. The zero-order valence-corrected chi connectivity index (χ0v) is 11.7. The third-order valence-electron chi connectivity index (χ3n) is 3.60. The van der Waals surface area contributed by atoms with Gasteiger partial charge in [-0.3, -0.25) is 0 Å². The molecule has 0 aromatic rings. The van der Waals surface area contributed by atoms with E-state index in [1.54, 1.807) is 7.11 Å². The molecule has 0 amide bonds. The lowest BCUT2D eigenvalue weighted by Gasteiger charge is -2.36. The van der Waals surface area contributed by atoms with Gasteiger partial charge in [0.15, 0.2) is 0 Å². The zero-order chi connectivity index (χ0) is 11.7. The molecule has 2 nitrogen and oxygen atoms in total.